The van der Waals surface area contributed by atoms with Gasteiger partial charge in [-0.15, -0.1) is 0 Å². The largest absolute Gasteiger partial charge is 0.493 e. The molecule has 178 valence electrons. The summed E-state index contributed by atoms with van der Waals surface area (Å²) in [4.78, 5) is 30.7. The number of nitro benzene ring substituents is 1. The van der Waals surface area contributed by atoms with Crippen molar-refractivity contribution >= 4 is 52.2 Å². The van der Waals surface area contributed by atoms with Gasteiger partial charge in [0.1, 0.15) is 29.6 Å². The second-order valence-electron chi connectivity index (χ2n) is 8.18. The Hall–Kier alpha value is -3.51. The first-order valence-corrected chi connectivity index (χ1v) is 11.7. The maximum Gasteiger partial charge on any atom is 0.270 e. The van der Waals surface area contributed by atoms with Gasteiger partial charge in [-0.3, -0.25) is 24.8 Å². The van der Waals surface area contributed by atoms with E-state index in [1.165, 1.54) is 19.2 Å². The molecule has 1 atom stereocenters. The van der Waals surface area contributed by atoms with Crippen LogP contribution in [0.1, 0.15) is 27.0 Å². The Labute approximate surface area is 215 Å². The maximum absolute atomic E-state index is 13.5. The Morgan fingerprint density at radius 3 is 2.63 bits per heavy atom. The molecular weight excluding hydrogens is 565 g/mol. The van der Waals surface area contributed by atoms with Gasteiger partial charge in [0, 0.05) is 36.5 Å². The molecule has 0 bridgehead atoms. The van der Waals surface area contributed by atoms with Crippen molar-refractivity contribution in [2.24, 2.45) is 4.99 Å². The standard InChI is InChI=1S/C25H20IN3O6/c1-33-23-10-20-21(27-12-19-9-17-4-2-3-5-22(17)28(19)25(20)30)11-24(23)34-13-15-6-16(14-35-26)8-18(7-15)29(31)32/h2-8,10-12,19H,9,13-14H2,1H3/t19-/m0/s1. The minimum Gasteiger partial charge on any atom is -0.493 e. The number of aliphatic imine (C=N–C) groups is 1. The van der Waals surface area contributed by atoms with E-state index in [0.29, 0.717) is 40.3 Å². The molecule has 0 radical (unpaired) electrons. The molecule has 35 heavy (non-hydrogen) atoms. The monoisotopic (exact) mass is 585 g/mol. The third-order valence-corrected chi connectivity index (χ3v) is 6.30. The zero-order chi connectivity index (χ0) is 24.5. The highest BCUT2D eigenvalue weighted by atomic mass is 127. The molecule has 2 aliphatic rings. The van der Waals surface area contributed by atoms with Crippen molar-refractivity contribution in [2.45, 2.75) is 25.7 Å². The Bertz CT molecular complexity index is 1360. The molecule has 3 aromatic carbocycles. The van der Waals surface area contributed by atoms with Crippen LogP contribution in [-0.4, -0.2) is 30.2 Å². The minimum absolute atomic E-state index is 0.0421. The number of rotatable bonds is 7. The molecule has 0 unspecified atom stereocenters. The van der Waals surface area contributed by atoms with E-state index >= 15 is 0 Å². The number of hydrogen-bond acceptors (Lipinski definition) is 7. The van der Waals surface area contributed by atoms with Gasteiger partial charge in [-0.05, 0) is 34.9 Å². The first kappa shape index (κ1) is 23.2. The van der Waals surface area contributed by atoms with Crippen LogP contribution < -0.4 is 14.4 Å². The van der Waals surface area contributed by atoms with Crippen molar-refractivity contribution in [3.8, 4) is 11.5 Å². The van der Waals surface area contributed by atoms with Crippen molar-refractivity contribution in [3.63, 3.8) is 0 Å². The molecule has 0 saturated heterocycles. The topological polar surface area (TPSA) is 104 Å². The number of benzene rings is 3. The number of fused-ring (bicyclic) bond motifs is 4. The Balaban J connectivity index is 1.45. The smallest absolute Gasteiger partial charge is 0.270 e. The summed E-state index contributed by atoms with van der Waals surface area (Å²) in [6, 6.07) is 15.7. The van der Waals surface area contributed by atoms with Gasteiger partial charge in [0.15, 0.2) is 11.5 Å². The first-order valence-electron chi connectivity index (χ1n) is 10.8. The molecule has 0 aromatic heterocycles. The maximum atomic E-state index is 13.5. The van der Waals surface area contributed by atoms with E-state index in [2.05, 4.69) is 4.99 Å². The zero-order valence-corrected chi connectivity index (χ0v) is 20.8. The molecule has 0 spiro atoms. The summed E-state index contributed by atoms with van der Waals surface area (Å²) in [5.74, 6) is 0.607. The van der Waals surface area contributed by atoms with E-state index < -0.39 is 4.92 Å². The Kier molecular flexibility index (Phi) is 6.39. The van der Waals surface area contributed by atoms with E-state index in [9.17, 15) is 14.9 Å². The molecule has 3 aromatic rings. The second kappa shape index (κ2) is 9.62. The van der Waals surface area contributed by atoms with Crippen LogP contribution >= 0.6 is 23.0 Å². The molecule has 0 saturated carbocycles. The second-order valence-corrected chi connectivity index (χ2v) is 8.80. The van der Waals surface area contributed by atoms with E-state index in [1.54, 1.807) is 52.3 Å². The van der Waals surface area contributed by atoms with E-state index in [0.717, 1.165) is 11.3 Å². The van der Waals surface area contributed by atoms with Crippen molar-refractivity contribution < 1.29 is 22.3 Å². The summed E-state index contributed by atoms with van der Waals surface area (Å²) in [5.41, 5.74) is 4.13. The van der Waals surface area contributed by atoms with Crippen LogP contribution in [0.4, 0.5) is 17.1 Å². The number of nitro groups is 1. The average Bonchev–Trinajstić information content (AvgIpc) is 3.18. The number of amides is 1. The molecule has 0 aliphatic carbocycles. The van der Waals surface area contributed by atoms with Crippen LogP contribution in [0.2, 0.25) is 0 Å². The highest BCUT2D eigenvalue weighted by Crippen LogP contribution is 2.41. The van der Waals surface area contributed by atoms with Crippen LogP contribution in [0.5, 0.6) is 11.5 Å². The SMILES string of the molecule is COc1cc2c(cc1OCc1cc(COI)cc([N+](=O)[O-])c1)N=C[C@@H]1Cc3ccccc3N1C2=O. The van der Waals surface area contributed by atoms with Gasteiger partial charge in [-0.1, -0.05) is 18.2 Å². The highest BCUT2D eigenvalue weighted by Gasteiger charge is 2.36. The Morgan fingerprint density at radius 1 is 1.11 bits per heavy atom. The summed E-state index contributed by atoms with van der Waals surface area (Å²) in [5, 5.41) is 11.3. The van der Waals surface area contributed by atoms with Gasteiger partial charge in [0.2, 0.25) is 0 Å². The predicted molar refractivity (Wildman–Crippen MR) is 138 cm³/mol. The number of nitrogens with zero attached hydrogens (tertiary/aromatic N) is 3. The number of carbonyl (C=O) groups is 1. The summed E-state index contributed by atoms with van der Waals surface area (Å²) >= 11 is 1.74. The lowest BCUT2D eigenvalue weighted by Crippen LogP contribution is -2.37. The van der Waals surface area contributed by atoms with Gasteiger partial charge in [0.25, 0.3) is 11.6 Å². The van der Waals surface area contributed by atoms with Gasteiger partial charge < -0.3 is 12.5 Å². The van der Waals surface area contributed by atoms with Crippen molar-refractivity contribution in [1.82, 2.24) is 0 Å². The van der Waals surface area contributed by atoms with E-state index in [1.807, 2.05) is 24.3 Å². The third kappa shape index (κ3) is 4.46. The molecule has 2 heterocycles. The minimum atomic E-state index is -0.451. The van der Waals surface area contributed by atoms with Gasteiger partial charge >= 0.3 is 0 Å². The molecule has 2 aliphatic heterocycles. The number of para-hydroxylation sites is 1. The normalized spacial score (nSPS) is 15.8. The predicted octanol–water partition coefficient (Wildman–Crippen LogP) is 5.34. The lowest BCUT2D eigenvalue weighted by Gasteiger charge is -2.22. The highest BCUT2D eigenvalue weighted by molar-refractivity contribution is 14.1. The molecule has 1 amide bonds. The lowest BCUT2D eigenvalue weighted by atomic mass is 10.1. The molecule has 5 rings (SSSR count). The summed E-state index contributed by atoms with van der Waals surface area (Å²) in [7, 11) is 1.50. The zero-order valence-electron chi connectivity index (χ0n) is 18.6. The van der Waals surface area contributed by atoms with Crippen molar-refractivity contribution in [2.75, 3.05) is 12.0 Å². The van der Waals surface area contributed by atoms with Crippen LogP contribution in [0, 0.1) is 10.1 Å². The number of anilines is 1. The quantitative estimate of drug-likeness (QED) is 0.211. The van der Waals surface area contributed by atoms with Crippen LogP contribution in [-0.2, 0) is 22.7 Å². The number of hydrogen-bond donors (Lipinski definition) is 0. The number of non-ortho nitro benzene ring substituents is 1. The Morgan fingerprint density at radius 2 is 1.89 bits per heavy atom. The first-order chi connectivity index (χ1) is 17.0. The van der Waals surface area contributed by atoms with Crippen LogP contribution in [0.3, 0.4) is 0 Å². The van der Waals surface area contributed by atoms with E-state index in [-0.39, 0.29) is 30.9 Å². The van der Waals surface area contributed by atoms with Crippen molar-refractivity contribution in [1.29, 1.82) is 0 Å². The molecule has 0 fully saturated rings. The third-order valence-electron chi connectivity index (χ3n) is 5.99. The van der Waals surface area contributed by atoms with Crippen molar-refractivity contribution in [3.05, 3.63) is 87.0 Å². The molecule has 9 nitrogen and oxygen atoms in total. The number of ether oxygens (including phenoxy) is 2. The fourth-order valence-electron chi connectivity index (χ4n) is 4.43. The van der Waals surface area contributed by atoms with Gasteiger partial charge in [-0.25, -0.2) is 0 Å². The van der Waals surface area contributed by atoms with Gasteiger partial charge in [-0.2, -0.15) is 0 Å². The van der Waals surface area contributed by atoms with E-state index in [4.69, 9.17) is 12.5 Å². The van der Waals surface area contributed by atoms with Crippen LogP contribution in [0.15, 0.2) is 59.6 Å². The molecule has 10 heteroatoms. The van der Waals surface area contributed by atoms with Crippen LogP contribution in [0.25, 0.3) is 0 Å². The summed E-state index contributed by atoms with van der Waals surface area (Å²) in [6.45, 7) is 0.292. The fourth-order valence-corrected chi connectivity index (χ4v) is 4.79. The number of carbonyl (C=O) groups excluding carboxylic acids is 1. The number of halogens is 1. The average molecular weight is 585 g/mol. The summed E-state index contributed by atoms with van der Waals surface area (Å²) < 4.78 is 16.6. The fraction of sp³-hybridized carbons (Fsp3) is 0.200. The number of methoxy groups -OCH3 is 1. The molecule has 0 N–H and O–H groups in total. The van der Waals surface area contributed by atoms with Gasteiger partial charge in [0.05, 0.1) is 35.9 Å². The molecular formula is C25H20IN3O6. The lowest BCUT2D eigenvalue weighted by molar-refractivity contribution is -0.385. The summed E-state index contributed by atoms with van der Waals surface area (Å²) in [6.07, 6.45) is 2.49.